The second kappa shape index (κ2) is 4.32. The van der Waals surface area contributed by atoms with E-state index in [4.69, 9.17) is 0 Å². The van der Waals surface area contributed by atoms with E-state index in [2.05, 4.69) is 18.8 Å². The fraction of sp³-hybridized carbons (Fsp3) is 0.357. The Labute approximate surface area is 99.5 Å². The van der Waals surface area contributed by atoms with Gasteiger partial charge in [-0.3, -0.25) is 4.79 Å². The van der Waals surface area contributed by atoms with Crippen molar-refractivity contribution in [3.05, 3.63) is 45.5 Å². The van der Waals surface area contributed by atoms with Crippen LogP contribution in [0.15, 0.2) is 23.0 Å². The number of pyridine rings is 1. The third-order valence-corrected chi connectivity index (χ3v) is 2.88. The summed E-state index contributed by atoms with van der Waals surface area (Å²) in [6.45, 7) is 5.86. The molecule has 0 radical (unpaired) electrons. The fourth-order valence-corrected chi connectivity index (χ4v) is 2.04. The van der Waals surface area contributed by atoms with E-state index in [1.165, 1.54) is 12.1 Å². The Morgan fingerprint density at radius 1 is 1.35 bits per heavy atom. The minimum Gasteiger partial charge on any atom is -0.358 e. The molecule has 0 saturated heterocycles. The zero-order chi connectivity index (χ0) is 12.6. The standard InChI is InChI=1S/C14H16FNO/c1-8(2)6-10-7-13(17)11-4-5-12(15)9(3)14(11)16-10/h4-5,7-8H,6H2,1-3H3,(H,16,17). The minimum atomic E-state index is -0.283. The molecule has 0 bridgehead atoms. The second-order valence-electron chi connectivity index (χ2n) is 4.85. The molecule has 0 aliphatic rings. The van der Waals surface area contributed by atoms with Gasteiger partial charge in [0.15, 0.2) is 5.43 Å². The van der Waals surface area contributed by atoms with Crippen LogP contribution in [0.2, 0.25) is 0 Å². The van der Waals surface area contributed by atoms with E-state index in [0.717, 1.165) is 12.1 Å². The average Bonchev–Trinajstić information content (AvgIpc) is 2.23. The normalized spacial score (nSPS) is 11.4. The number of hydrogen-bond acceptors (Lipinski definition) is 1. The van der Waals surface area contributed by atoms with Crippen LogP contribution in [0.1, 0.15) is 25.1 Å². The predicted octanol–water partition coefficient (Wildman–Crippen LogP) is 3.17. The monoisotopic (exact) mass is 233 g/mol. The van der Waals surface area contributed by atoms with Crippen LogP contribution in [0.4, 0.5) is 4.39 Å². The van der Waals surface area contributed by atoms with Gasteiger partial charge in [-0.05, 0) is 31.4 Å². The van der Waals surface area contributed by atoms with E-state index in [-0.39, 0.29) is 11.2 Å². The van der Waals surface area contributed by atoms with E-state index < -0.39 is 0 Å². The molecular formula is C14H16FNO. The Morgan fingerprint density at radius 3 is 2.71 bits per heavy atom. The summed E-state index contributed by atoms with van der Waals surface area (Å²) in [7, 11) is 0. The Balaban J connectivity index is 2.70. The molecule has 0 spiro atoms. The topological polar surface area (TPSA) is 32.9 Å². The molecule has 1 heterocycles. The van der Waals surface area contributed by atoms with Crippen molar-refractivity contribution in [2.45, 2.75) is 27.2 Å². The zero-order valence-electron chi connectivity index (χ0n) is 10.3. The van der Waals surface area contributed by atoms with Crippen LogP contribution in [0.3, 0.4) is 0 Å². The zero-order valence-corrected chi connectivity index (χ0v) is 10.3. The van der Waals surface area contributed by atoms with Gasteiger partial charge in [-0.2, -0.15) is 0 Å². The number of aryl methyl sites for hydroxylation is 1. The minimum absolute atomic E-state index is 0.0440. The van der Waals surface area contributed by atoms with Crippen molar-refractivity contribution in [3.63, 3.8) is 0 Å². The SMILES string of the molecule is Cc1c(F)ccc2c(=O)cc(CC(C)C)[nH]c12. The smallest absolute Gasteiger partial charge is 0.189 e. The molecule has 2 nitrogen and oxygen atoms in total. The highest BCUT2D eigenvalue weighted by Gasteiger charge is 2.08. The summed E-state index contributed by atoms with van der Waals surface area (Å²) >= 11 is 0. The van der Waals surface area contributed by atoms with Gasteiger partial charge >= 0.3 is 0 Å². The van der Waals surface area contributed by atoms with E-state index in [1.54, 1.807) is 13.0 Å². The Morgan fingerprint density at radius 2 is 2.06 bits per heavy atom. The lowest BCUT2D eigenvalue weighted by atomic mass is 10.0. The number of aromatic nitrogens is 1. The molecule has 1 aromatic carbocycles. The van der Waals surface area contributed by atoms with Gasteiger partial charge in [0.1, 0.15) is 5.82 Å². The first-order chi connectivity index (χ1) is 7.99. The van der Waals surface area contributed by atoms with Gasteiger partial charge in [-0.25, -0.2) is 4.39 Å². The van der Waals surface area contributed by atoms with Crippen LogP contribution in [-0.2, 0) is 6.42 Å². The van der Waals surface area contributed by atoms with Crippen molar-refractivity contribution in [2.75, 3.05) is 0 Å². The molecule has 0 unspecified atom stereocenters. The Hall–Kier alpha value is -1.64. The van der Waals surface area contributed by atoms with Crippen molar-refractivity contribution in [2.24, 2.45) is 5.92 Å². The number of benzene rings is 1. The quantitative estimate of drug-likeness (QED) is 0.849. The number of fused-ring (bicyclic) bond motifs is 1. The van der Waals surface area contributed by atoms with E-state index >= 15 is 0 Å². The molecule has 90 valence electrons. The first-order valence-electron chi connectivity index (χ1n) is 5.80. The summed E-state index contributed by atoms with van der Waals surface area (Å²) in [6, 6.07) is 4.49. The van der Waals surface area contributed by atoms with Crippen LogP contribution in [0.5, 0.6) is 0 Å². The summed E-state index contributed by atoms with van der Waals surface area (Å²) in [5.74, 6) is 0.173. The van der Waals surface area contributed by atoms with E-state index in [9.17, 15) is 9.18 Å². The molecule has 0 saturated carbocycles. The molecular weight excluding hydrogens is 217 g/mol. The van der Waals surface area contributed by atoms with Gasteiger partial charge < -0.3 is 4.98 Å². The fourth-order valence-electron chi connectivity index (χ4n) is 2.04. The van der Waals surface area contributed by atoms with Gasteiger partial charge in [-0.1, -0.05) is 13.8 Å². The Bertz CT molecular complexity index is 613. The predicted molar refractivity (Wildman–Crippen MR) is 67.8 cm³/mol. The van der Waals surface area contributed by atoms with Crippen molar-refractivity contribution in [3.8, 4) is 0 Å². The molecule has 3 heteroatoms. The maximum absolute atomic E-state index is 13.5. The van der Waals surface area contributed by atoms with E-state index in [0.29, 0.717) is 22.4 Å². The first kappa shape index (κ1) is 11.8. The number of nitrogens with one attached hydrogen (secondary N) is 1. The molecule has 0 aliphatic carbocycles. The maximum Gasteiger partial charge on any atom is 0.189 e. The maximum atomic E-state index is 13.5. The molecule has 0 atom stereocenters. The summed E-state index contributed by atoms with van der Waals surface area (Å²) in [5.41, 5.74) is 1.95. The van der Waals surface area contributed by atoms with Crippen LogP contribution in [-0.4, -0.2) is 4.98 Å². The highest BCUT2D eigenvalue weighted by molar-refractivity contribution is 5.81. The number of H-pyrrole nitrogens is 1. The molecule has 17 heavy (non-hydrogen) atoms. The lowest BCUT2D eigenvalue weighted by molar-refractivity contribution is 0.619. The largest absolute Gasteiger partial charge is 0.358 e. The van der Waals surface area contributed by atoms with Gasteiger partial charge in [0.2, 0.25) is 0 Å². The van der Waals surface area contributed by atoms with Crippen molar-refractivity contribution >= 4 is 10.9 Å². The first-order valence-corrected chi connectivity index (χ1v) is 5.80. The molecule has 0 amide bonds. The average molecular weight is 233 g/mol. The second-order valence-corrected chi connectivity index (χ2v) is 4.85. The van der Waals surface area contributed by atoms with Crippen LogP contribution >= 0.6 is 0 Å². The van der Waals surface area contributed by atoms with Crippen molar-refractivity contribution in [1.82, 2.24) is 4.98 Å². The molecule has 2 aromatic rings. The summed E-state index contributed by atoms with van der Waals surface area (Å²) in [6.07, 6.45) is 0.793. The van der Waals surface area contributed by atoms with Gasteiger partial charge in [0, 0.05) is 22.7 Å². The van der Waals surface area contributed by atoms with Crippen LogP contribution < -0.4 is 5.43 Å². The third-order valence-electron chi connectivity index (χ3n) is 2.88. The summed E-state index contributed by atoms with van der Waals surface area (Å²) < 4.78 is 13.5. The highest BCUT2D eigenvalue weighted by Crippen LogP contribution is 2.17. The van der Waals surface area contributed by atoms with Crippen LogP contribution in [0.25, 0.3) is 10.9 Å². The van der Waals surface area contributed by atoms with Gasteiger partial charge in [0.25, 0.3) is 0 Å². The molecule has 1 N–H and O–H groups in total. The summed E-state index contributed by atoms with van der Waals surface area (Å²) in [5, 5.41) is 0.552. The van der Waals surface area contributed by atoms with E-state index in [1.807, 2.05) is 0 Å². The number of hydrogen-bond donors (Lipinski definition) is 1. The molecule has 0 fully saturated rings. The van der Waals surface area contributed by atoms with Crippen molar-refractivity contribution in [1.29, 1.82) is 0 Å². The molecule has 2 rings (SSSR count). The molecule has 1 aromatic heterocycles. The third kappa shape index (κ3) is 2.23. The molecule has 0 aliphatic heterocycles. The number of rotatable bonds is 2. The Kier molecular flexibility index (Phi) is 3.01. The lowest BCUT2D eigenvalue weighted by Crippen LogP contribution is -2.08. The lowest BCUT2D eigenvalue weighted by Gasteiger charge is -2.08. The van der Waals surface area contributed by atoms with Crippen LogP contribution in [0, 0.1) is 18.7 Å². The summed E-state index contributed by atoms with van der Waals surface area (Å²) in [4.78, 5) is 15.1. The highest BCUT2D eigenvalue weighted by atomic mass is 19.1. The number of halogens is 1. The van der Waals surface area contributed by atoms with Crippen molar-refractivity contribution < 1.29 is 4.39 Å². The van der Waals surface area contributed by atoms with Gasteiger partial charge in [0.05, 0.1) is 5.52 Å². The number of aromatic amines is 1. The van der Waals surface area contributed by atoms with Gasteiger partial charge in [-0.15, -0.1) is 0 Å².